The molecular formula is C20H33NO8. The van der Waals surface area contributed by atoms with Crippen LogP contribution in [-0.2, 0) is 33.3 Å². The van der Waals surface area contributed by atoms with Crippen LogP contribution in [0.15, 0.2) is 0 Å². The van der Waals surface area contributed by atoms with E-state index in [4.69, 9.17) is 18.9 Å². The highest BCUT2D eigenvalue weighted by Gasteiger charge is 2.40. The van der Waals surface area contributed by atoms with Crippen molar-refractivity contribution in [3.63, 3.8) is 0 Å². The molecule has 1 unspecified atom stereocenters. The Morgan fingerprint density at radius 2 is 1.45 bits per heavy atom. The van der Waals surface area contributed by atoms with E-state index in [-0.39, 0.29) is 18.4 Å². The molecule has 1 aliphatic rings. The van der Waals surface area contributed by atoms with Crippen molar-refractivity contribution in [1.82, 2.24) is 4.90 Å². The van der Waals surface area contributed by atoms with Crippen molar-refractivity contribution in [3.05, 3.63) is 0 Å². The summed E-state index contributed by atoms with van der Waals surface area (Å²) in [7, 11) is 3.63. The fraction of sp³-hybridized carbons (Fsp3) is 0.800. The molecular weight excluding hydrogens is 382 g/mol. The summed E-state index contributed by atoms with van der Waals surface area (Å²) in [6.45, 7) is 6.45. The maximum atomic E-state index is 12.2. The topological polar surface area (TPSA) is 108 Å². The number of nitrogens with zero attached hydrogens (tertiary/aromatic N) is 1. The van der Waals surface area contributed by atoms with Crippen LogP contribution >= 0.6 is 0 Å². The van der Waals surface area contributed by atoms with Crippen molar-refractivity contribution in [3.8, 4) is 0 Å². The van der Waals surface area contributed by atoms with Gasteiger partial charge in [0.15, 0.2) is 5.92 Å². The molecule has 0 aliphatic carbocycles. The number of carbonyl (C=O) groups excluding carboxylic acids is 4. The second kappa shape index (κ2) is 11.0. The number of rotatable bonds is 7. The van der Waals surface area contributed by atoms with Crippen LogP contribution in [0, 0.1) is 17.8 Å². The molecule has 0 aromatic rings. The van der Waals surface area contributed by atoms with Crippen molar-refractivity contribution in [2.75, 3.05) is 34.4 Å². The highest BCUT2D eigenvalue weighted by molar-refractivity contribution is 5.95. The number of hydrogen-bond acceptors (Lipinski definition) is 8. The summed E-state index contributed by atoms with van der Waals surface area (Å²) in [4.78, 5) is 50.1. The van der Waals surface area contributed by atoms with Gasteiger partial charge in [0.1, 0.15) is 5.60 Å². The van der Waals surface area contributed by atoms with Crippen LogP contribution in [0.1, 0.15) is 46.5 Å². The van der Waals surface area contributed by atoms with Gasteiger partial charge in [0, 0.05) is 19.5 Å². The Labute approximate surface area is 172 Å². The van der Waals surface area contributed by atoms with Gasteiger partial charge in [-0.15, -0.1) is 0 Å². The number of esters is 3. The number of methoxy groups -OCH3 is 3. The average molecular weight is 415 g/mol. The molecule has 1 amide bonds. The normalized spacial score (nSPS) is 16.2. The Morgan fingerprint density at radius 3 is 1.86 bits per heavy atom. The average Bonchev–Trinajstić information content (AvgIpc) is 2.66. The van der Waals surface area contributed by atoms with Gasteiger partial charge in [0.2, 0.25) is 0 Å². The Hall–Kier alpha value is -2.32. The van der Waals surface area contributed by atoms with Crippen LogP contribution in [0.4, 0.5) is 4.79 Å². The minimum absolute atomic E-state index is 0.0996. The summed E-state index contributed by atoms with van der Waals surface area (Å²) >= 11 is 0. The van der Waals surface area contributed by atoms with E-state index < -0.39 is 35.3 Å². The molecule has 0 saturated carbocycles. The monoisotopic (exact) mass is 415 g/mol. The van der Waals surface area contributed by atoms with Gasteiger partial charge in [-0.2, -0.15) is 0 Å². The number of amides is 1. The first-order valence-electron chi connectivity index (χ1n) is 9.72. The number of piperidine rings is 1. The quantitative estimate of drug-likeness (QED) is 0.354. The summed E-state index contributed by atoms with van der Waals surface area (Å²) < 4.78 is 19.6. The summed E-state index contributed by atoms with van der Waals surface area (Å²) in [6, 6.07) is 0. The van der Waals surface area contributed by atoms with Crippen LogP contribution in [0.25, 0.3) is 0 Å². The van der Waals surface area contributed by atoms with Crippen LogP contribution in [-0.4, -0.2) is 68.9 Å². The lowest BCUT2D eigenvalue weighted by Gasteiger charge is -2.35. The third-order valence-corrected chi connectivity index (χ3v) is 4.94. The van der Waals surface area contributed by atoms with Crippen molar-refractivity contribution in [2.24, 2.45) is 17.8 Å². The van der Waals surface area contributed by atoms with Gasteiger partial charge >= 0.3 is 24.0 Å². The summed E-state index contributed by atoms with van der Waals surface area (Å²) in [5, 5.41) is 0. The molecule has 1 saturated heterocycles. The molecule has 0 spiro atoms. The first-order chi connectivity index (χ1) is 13.5. The Morgan fingerprint density at radius 1 is 0.931 bits per heavy atom. The van der Waals surface area contributed by atoms with Gasteiger partial charge in [-0.1, -0.05) is 0 Å². The zero-order valence-electron chi connectivity index (χ0n) is 18.2. The Kier molecular flexibility index (Phi) is 9.39. The van der Waals surface area contributed by atoms with E-state index >= 15 is 0 Å². The van der Waals surface area contributed by atoms with Crippen molar-refractivity contribution >= 4 is 24.0 Å². The molecule has 0 radical (unpaired) electrons. The van der Waals surface area contributed by atoms with Crippen molar-refractivity contribution < 1.29 is 38.1 Å². The fourth-order valence-corrected chi connectivity index (χ4v) is 3.48. The van der Waals surface area contributed by atoms with Crippen LogP contribution in [0.2, 0.25) is 0 Å². The maximum absolute atomic E-state index is 12.2. The second-order valence-electron chi connectivity index (χ2n) is 8.21. The predicted octanol–water partition coefficient (Wildman–Crippen LogP) is 2.17. The van der Waals surface area contributed by atoms with Gasteiger partial charge < -0.3 is 23.8 Å². The third kappa shape index (κ3) is 7.91. The summed E-state index contributed by atoms with van der Waals surface area (Å²) in [5.41, 5.74) is -0.562. The molecule has 1 heterocycles. The molecule has 0 bridgehead atoms. The van der Waals surface area contributed by atoms with E-state index in [0.29, 0.717) is 32.4 Å². The predicted molar refractivity (Wildman–Crippen MR) is 103 cm³/mol. The Bertz CT molecular complexity index is 574. The number of hydrogen-bond donors (Lipinski definition) is 0. The minimum atomic E-state index is -1.20. The molecule has 0 N–H and O–H groups in total. The summed E-state index contributed by atoms with van der Waals surface area (Å²) in [6.07, 6.45) is 1.32. The van der Waals surface area contributed by atoms with Gasteiger partial charge in [0.05, 0.1) is 21.3 Å². The molecule has 1 atom stereocenters. The summed E-state index contributed by atoms with van der Waals surface area (Å²) in [5.74, 6) is -3.68. The van der Waals surface area contributed by atoms with Crippen LogP contribution < -0.4 is 0 Å². The highest BCUT2D eigenvalue weighted by Crippen LogP contribution is 2.32. The zero-order chi connectivity index (χ0) is 22.2. The zero-order valence-corrected chi connectivity index (χ0v) is 18.2. The van der Waals surface area contributed by atoms with Crippen LogP contribution in [0.3, 0.4) is 0 Å². The molecule has 29 heavy (non-hydrogen) atoms. The van der Waals surface area contributed by atoms with Crippen molar-refractivity contribution in [2.45, 2.75) is 52.1 Å². The lowest BCUT2D eigenvalue weighted by molar-refractivity contribution is -0.163. The number of likely N-dealkylation sites (tertiary alicyclic amines) is 1. The molecule has 166 valence electrons. The smallest absolute Gasteiger partial charge is 0.410 e. The standard InChI is InChI=1S/C20H33NO8/c1-20(2,3)29-19(25)21-9-7-13(8-10-21)11-14(12-15(22)26-4)16(17(23)27-5)18(24)28-6/h13-14,16H,7-12H2,1-6H3. The molecule has 1 rings (SSSR count). The van der Waals surface area contributed by atoms with E-state index in [9.17, 15) is 19.2 Å². The first-order valence-corrected chi connectivity index (χ1v) is 9.72. The molecule has 0 aromatic heterocycles. The van der Waals surface area contributed by atoms with Crippen molar-refractivity contribution in [1.29, 1.82) is 0 Å². The van der Waals surface area contributed by atoms with E-state index in [1.54, 1.807) is 4.90 Å². The van der Waals surface area contributed by atoms with Gasteiger partial charge in [-0.05, 0) is 51.9 Å². The highest BCUT2D eigenvalue weighted by atomic mass is 16.6. The maximum Gasteiger partial charge on any atom is 0.410 e. The number of carbonyl (C=O) groups is 4. The molecule has 9 nitrogen and oxygen atoms in total. The molecule has 0 aromatic carbocycles. The third-order valence-electron chi connectivity index (χ3n) is 4.94. The number of ether oxygens (including phenoxy) is 4. The second-order valence-corrected chi connectivity index (χ2v) is 8.21. The van der Waals surface area contributed by atoms with E-state index in [2.05, 4.69) is 0 Å². The lowest BCUT2D eigenvalue weighted by Crippen LogP contribution is -2.42. The molecule has 1 fully saturated rings. The molecule has 1 aliphatic heterocycles. The van der Waals surface area contributed by atoms with Gasteiger partial charge in [-0.25, -0.2) is 4.79 Å². The fourth-order valence-electron chi connectivity index (χ4n) is 3.48. The Balaban J connectivity index is 2.82. The van der Waals surface area contributed by atoms with E-state index in [0.717, 1.165) is 0 Å². The largest absolute Gasteiger partial charge is 0.469 e. The minimum Gasteiger partial charge on any atom is -0.469 e. The van der Waals surface area contributed by atoms with Crippen LogP contribution in [0.5, 0.6) is 0 Å². The van der Waals surface area contributed by atoms with Gasteiger partial charge in [0.25, 0.3) is 0 Å². The SMILES string of the molecule is COC(=O)CC(CC1CCN(C(=O)OC(C)(C)C)CC1)C(C(=O)OC)C(=O)OC. The van der Waals surface area contributed by atoms with Gasteiger partial charge in [-0.3, -0.25) is 14.4 Å². The lowest BCUT2D eigenvalue weighted by atomic mass is 9.79. The van der Waals surface area contributed by atoms with E-state index in [1.165, 1.54) is 21.3 Å². The molecule has 9 heteroatoms. The van der Waals surface area contributed by atoms with E-state index in [1.807, 2.05) is 20.8 Å². The first kappa shape index (κ1) is 24.7.